The lowest BCUT2D eigenvalue weighted by molar-refractivity contribution is -0.120. The topological polar surface area (TPSA) is 83.3 Å². The van der Waals surface area contributed by atoms with Crippen LogP contribution in [0.15, 0.2) is 11.2 Å². The van der Waals surface area contributed by atoms with Crippen molar-refractivity contribution in [2.75, 3.05) is 13.6 Å². The molecule has 0 saturated heterocycles. The van der Waals surface area contributed by atoms with Gasteiger partial charge in [-0.05, 0) is 46.1 Å². The molecule has 0 saturated carbocycles. The fourth-order valence-electron chi connectivity index (χ4n) is 2.83. The van der Waals surface area contributed by atoms with Crippen LogP contribution >= 0.6 is 24.0 Å². The van der Waals surface area contributed by atoms with E-state index in [1.807, 2.05) is 18.5 Å². The van der Waals surface area contributed by atoms with Gasteiger partial charge < -0.3 is 16.0 Å². The number of nitrogens with one attached hydrogen (secondary N) is 3. The van der Waals surface area contributed by atoms with Gasteiger partial charge >= 0.3 is 0 Å². The van der Waals surface area contributed by atoms with Crippen LogP contribution in [0, 0.1) is 0 Å². The van der Waals surface area contributed by atoms with Crippen LogP contribution in [-0.4, -0.2) is 47.3 Å². The zero-order valence-electron chi connectivity index (χ0n) is 15.8. The number of fused-ring (bicyclic) bond motifs is 1. The van der Waals surface area contributed by atoms with Crippen LogP contribution in [-0.2, 0) is 17.6 Å². The highest BCUT2D eigenvalue weighted by Gasteiger charge is 2.23. The molecule has 1 heterocycles. The predicted octanol–water partition coefficient (Wildman–Crippen LogP) is 1.63. The number of hydrogen-bond acceptors (Lipinski definition) is 3. The van der Waals surface area contributed by atoms with Crippen molar-refractivity contribution in [1.29, 1.82) is 0 Å². The number of guanidine groups is 1. The summed E-state index contributed by atoms with van der Waals surface area (Å²) in [5.41, 5.74) is 2.52. The fourth-order valence-corrected chi connectivity index (χ4v) is 2.83. The smallest absolute Gasteiger partial charge is 0.239 e. The number of halogens is 1. The molecule has 1 aliphatic rings. The van der Waals surface area contributed by atoms with Gasteiger partial charge in [-0.25, -0.2) is 0 Å². The van der Waals surface area contributed by atoms with Gasteiger partial charge in [0.15, 0.2) is 5.96 Å². The van der Waals surface area contributed by atoms with E-state index in [1.54, 1.807) is 7.05 Å². The first kappa shape index (κ1) is 21.7. The first-order valence-corrected chi connectivity index (χ1v) is 8.72. The summed E-state index contributed by atoms with van der Waals surface area (Å²) in [5.74, 6) is 0.625. The highest BCUT2D eigenvalue weighted by molar-refractivity contribution is 14.0. The van der Waals surface area contributed by atoms with Gasteiger partial charge in [0, 0.05) is 37.8 Å². The summed E-state index contributed by atoms with van der Waals surface area (Å²) in [7, 11) is 1.72. The Morgan fingerprint density at radius 3 is 2.72 bits per heavy atom. The standard InChI is InChI=1S/C17H30N6O.HI/c1-11(2)20-16(24)9-19-17(18-5)21-14-7-6-13-10-23(12(3)4)22-15(13)8-14;/h10-12,14H,6-9H2,1-5H3,(H,20,24)(H2,18,19,21);1H. The molecular weight excluding hydrogens is 431 g/mol. The van der Waals surface area contributed by atoms with E-state index >= 15 is 0 Å². The maximum Gasteiger partial charge on any atom is 0.239 e. The molecule has 1 unspecified atom stereocenters. The van der Waals surface area contributed by atoms with Crippen molar-refractivity contribution in [1.82, 2.24) is 25.7 Å². The zero-order chi connectivity index (χ0) is 17.7. The van der Waals surface area contributed by atoms with Gasteiger partial charge in [0.05, 0.1) is 12.2 Å². The molecule has 0 aromatic carbocycles. The van der Waals surface area contributed by atoms with Gasteiger partial charge in [-0.15, -0.1) is 24.0 Å². The van der Waals surface area contributed by atoms with Crippen LogP contribution in [0.2, 0.25) is 0 Å². The minimum atomic E-state index is -0.0328. The molecule has 0 fully saturated rings. The van der Waals surface area contributed by atoms with Crippen LogP contribution in [0.5, 0.6) is 0 Å². The van der Waals surface area contributed by atoms with E-state index in [9.17, 15) is 4.79 Å². The molecule has 1 aromatic rings. The van der Waals surface area contributed by atoms with E-state index in [2.05, 4.69) is 41.0 Å². The number of hydrogen-bond donors (Lipinski definition) is 3. The molecule has 142 valence electrons. The second-order valence-corrected chi connectivity index (χ2v) is 6.91. The Kier molecular flexibility index (Phi) is 8.67. The van der Waals surface area contributed by atoms with E-state index in [-0.39, 0.29) is 48.5 Å². The Labute approximate surface area is 167 Å². The van der Waals surface area contributed by atoms with Crippen molar-refractivity contribution < 1.29 is 4.79 Å². The van der Waals surface area contributed by atoms with E-state index in [1.165, 1.54) is 11.3 Å². The van der Waals surface area contributed by atoms with E-state index in [0.717, 1.165) is 19.3 Å². The van der Waals surface area contributed by atoms with Crippen LogP contribution in [0.1, 0.15) is 51.4 Å². The highest BCUT2D eigenvalue weighted by Crippen LogP contribution is 2.21. The summed E-state index contributed by atoms with van der Waals surface area (Å²) in [4.78, 5) is 15.9. The number of amides is 1. The van der Waals surface area contributed by atoms with Crippen LogP contribution in [0.3, 0.4) is 0 Å². The number of carbonyl (C=O) groups excluding carboxylic acids is 1. The number of nitrogens with zero attached hydrogens (tertiary/aromatic N) is 3. The molecule has 2 rings (SSSR count). The summed E-state index contributed by atoms with van der Waals surface area (Å²) < 4.78 is 2.04. The fraction of sp³-hybridized carbons (Fsp3) is 0.706. The SMILES string of the molecule is CN=C(NCC(=O)NC(C)C)NC1CCc2cn(C(C)C)nc2C1.I. The molecule has 1 aliphatic carbocycles. The summed E-state index contributed by atoms with van der Waals surface area (Å²) >= 11 is 0. The lowest BCUT2D eigenvalue weighted by Gasteiger charge is -2.24. The number of carbonyl (C=O) groups is 1. The summed E-state index contributed by atoms with van der Waals surface area (Å²) in [6.45, 7) is 8.39. The first-order valence-electron chi connectivity index (χ1n) is 8.72. The van der Waals surface area contributed by atoms with Gasteiger partial charge in [-0.1, -0.05) is 0 Å². The molecule has 8 heteroatoms. The van der Waals surface area contributed by atoms with Crippen LogP contribution in [0.25, 0.3) is 0 Å². The Hall–Kier alpha value is -1.32. The molecule has 0 aliphatic heterocycles. The minimum absolute atomic E-state index is 0. The number of aryl methyl sites for hydroxylation is 1. The maximum atomic E-state index is 11.7. The first-order chi connectivity index (χ1) is 11.4. The molecular formula is C17H31IN6O. The van der Waals surface area contributed by atoms with Gasteiger partial charge in [-0.2, -0.15) is 5.10 Å². The Morgan fingerprint density at radius 2 is 2.12 bits per heavy atom. The molecule has 1 aromatic heterocycles. The van der Waals surface area contributed by atoms with Crippen molar-refractivity contribution >= 4 is 35.8 Å². The van der Waals surface area contributed by atoms with Crippen LogP contribution < -0.4 is 16.0 Å². The normalized spacial score (nSPS) is 17.1. The van der Waals surface area contributed by atoms with Gasteiger partial charge in [0.2, 0.25) is 5.91 Å². The third kappa shape index (κ3) is 6.48. The molecule has 7 nitrogen and oxygen atoms in total. The average Bonchev–Trinajstić information content (AvgIpc) is 2.94. The predicted molar refractivity (Wildman–Crippen MR) is 112 cm³/mol. The lowest BCUT2D eigenvalue weighted by atomic mass is 9.94. The van der Waals surface area contributed by atoms with Crippen molar-refractivity contribution in [3.63, 3.8) is 0 Å². The highest BCUT2D eigenvalue weighted by atomic mass is 127. The Morgan fingerprint density at radius 1 is 1.40 bits per heavy atom. The van der Waals surface area contributed by atoms with Gasteiger partial charge in [-0.3, -0.25) is 14.5 Å². The summed E-state index contributed by atoms with van der Waals surface area (Å²) in [6, 6.07) is 0.811. The number of aliphatic imine (C=N–C) groups is 1. The van der Waals surface area contributed by atoms with Crippen LogP contribution in [0.4, 0.5) is 0 Å². The van der Waals surface area contributed by atoms with E-state index in [4.69, 9.17) is 5.10 Å². The molecule has 1 amide bonds. The largest absolute Gasteiger partial charge is 0.353 e. The summed E-state index contributed by atoms with van der Waals surface area (Å²) in [5, 5.41) is 14.0. The van der Waals surface area contributed by atoms with E-state index < -0.39 is 0 Å². The third-order valence-electron chi connectivity index (χ3n) is 4.06. The van der Waals surface area contributed by atoms with Gasteiger partial charge in [0.25, 0.3) is 0 Å². The quantitative estimate of drug-likeness (QED) is 0.353. The lowest BCUT2D eigenvalue weighted by Crippen LogP contribution is -2.48. The van der Waals surface area contributed by atoms with E-state index in [0.29, 0.717) is 12.0 Å². The Bertz CT molecular complexity index is 596. The second kappa shape index (κ2) is 9.98. The summed E-state index contributed by atoms with van der Waals surface area (Å²) in [6.07, 6.45) is 5.10. The maximum absolute atomic E-state index is 11.7. The van der Waals surface area contributed by atoms with Crippen molar-refractivity contribution in [3.05, 3.63) is 17.5 Å². The molecule has 1 atom stereocenters. The minimum Gasteiger partial charge on any atom is -0.353 e. The van der Waals surface area contributed by atoms with Crippen molar-refractivity contribution in [2.24, 2.45) is 4.99 Å². The molecule has 3 N–H and O–H groups in total. The average molecular weight is 462 g/mol. The number of rotatable bonds is 5. The monoisotopic (exact) mass is 462 g/mol. The second-order valence-electron chi connectivity index (χ2n) is 6.91. The molecule has 0 spiro atoms. The van der Waals surface area contributed by atoms with Crippen molar-refractivity contribution in [2.45, 2.75) is 65.1 Å². The molecule has 0 radical (unpaired) electrons. The van der Waals surface area contributed by atoms with Crippen molar-refractivity contribution in [3.8, 4) is 0 Å². The number of aromatic nitrogens is 2. The molecule has 0 bridgehead atoms. The Balaban J connectivity index is 0.00000312. The third-order valence-corrected chi connectivity index (χ3v) is 4.06. The van der Waals surface area contributed by atoms with Gasteiger partial charge in [0.1, 0.15) is 0 Å². The molecule has 25 heavy (non-hydrogen) atoms. The zero-order valence-corrected chi connectivity index (χ0v) is 18.1.